The molecule has 6 heteroatoms. The fraction of sp³-hybridized carbons (Fsp3) is 0.238. The lowest BCUT2D eigenvalue weighted by atomic mass is 10.0. The molecule has 2 heterocycles. The number of fused-ring (bicyclic) bond motifs is 1. The Balaban J connectivity index is 1.61. The molecule has 0 amide bonds. The van der Waals surface area contributed by atoms with Crippen molar-refractivity contribution in [2.45, 2.75) is 26.4 Å². The van der Waals surface area contributed by atoms with Crippen LogP contribution in [-0.4, -0.2) is 21.4 Å². The third-order valence-electron chi connectivity index (χ3n) is 4.89. The molecule has 0 radical (unpaired) electrons. The van der Waals surface area contributed by atoms with Crippen molar-refractivity contribution >= 4 is 0 Å². The van der Waals surface area contributed by atoms with Crippen molar-refractivity contribution in [1.29, 1.82) is 0 Å². The lowest BCUT2D eigenvalue weighted by Crippen LogP contribution is -2.35. The minimum absolute atomic E-state index is 0.122. The zero-order valence-electron chi connectivity index (χ0n) is 14.9. The van der Waals surface area contributed by atoms with E-state index in [4.69, 9.17) is 0 Å². The molecular weight excluding hydrogens is 348 g/mol. The number of aryl methyl sites for hydroxylation is 1. The van der Waals surface area contributed by atoms with Crippen molar-refractivity contribution in [3.05, 3.63) is 86.8 Å². The average molecular weight is 367 g/mol. The van der Waals surface area contributed by atoms with Crippen LogP contribution in [0, 0.1) is 18.6 Å². The van der Waals surface area contributed by atoms with E-state index in [2.05, 4.69) is 9.97 Å². The number of halogens is 2. The van der Waals surface area contributed by atoms with Gasteiger partial charge in [-0.2, -0.15) is 0 Å². The van der Waals surface area contributed by atoms with Gasteiger partial charge in [-0.25, -0.2) is 13.8 Å². The summed E-state index contributed by atoms with van der Waals surface area (Å²) in [6.07, 6.45) is 0.550. The largest absolute Gasteiger partial charge is 0.306 e. The second kappa shape index (κ2) is 7.04. The summed E-state index contributed by atoms with van der Waals surface area (Å²) in [6, 6.07) is 11.4. The Morgan fingerprint density at radius 2 is 1.93 bits per heavy atom. The molecule has 4 rings (SSSR count). The monoisotopic (exact) mass is 367 g/mol. The van der Waals surface area contributed by atoms with Crippen molar-refractivity contribution < 1.29 is 8.78 Å². The van der Waals surface area contributed by atoms with Gasteiger partial charge in [0.05, 0.1) is 5.69 Å². The summed E-state index contributed by atoms with van der Waals surface area (Å²) < 4.78 is 27.0. The van der Waals surface area contributed by atoms with Gasteiger partial charge in [-0.15, -0.1) is 0 Å². The first-order valence-electron chi connectivity index (χ1n) is 8.85. The molecule has 0 saturated heterocycles. The predicted molar refractivity (Wildman–Crippen MR) is 99.2 cm³/mol. The zero-order chi connectivity index (χ0) is 19.0. The van der Waals surface area contributed by atoms with Gasteiger partial charge in [0.25, 0.3) is 5.56 Å². The smallest absolute Gasteiger partial charge is 0.254 e. The van der Waals surface area contributed by atoms with E-state index < -0.39 is 11.6 Å². The molecule has 0 bridgehead atoms. The number of aromatic amines is 1. The van der Waals surface area contributed by atoms with Gasteiger partial charge in [0.2, 0.25) is 0 Å². The van der Waals surface area contributed by atoms with Gasteiger partial charge >= 0.3 is 0 Å². The molecule has 1 aliphatic heterocycles. The van der Waals surface area contributed by atoms with E-state index >= 15 is 0 Å². The fourth-order valence-corrected chi connectivity index (χ4v) is 3.37. The van der Waals surface area contributed by atoms with Crippen LogP contribution in [0.4, 0.5) is 8.78 Å². The summed E-state index contributed by atoms with van der Waals surface area (Å²) in [7, 11) is 0. The highest BCUT2D eigenvalue weighted by Gasteiger charge is 2.22. The minimum Gasteiger partial charge on any atom is -0.306 e. The summed E-state index contributed by atoms with van der Waals surface area (Å²) in [5.41, 5.74) is 3.69. The average Bonchev–Trinajstić information content (AvgIpc) is 2.64. The molecular formula is C21H19F2N3O. The van der Waals surface area contributed by atoms with E-state index in [1.54, 1.807) is 0 Å². The molecule has 0 atom stereocenters. The van der Waals surface area contributed by atoms with Crippen LogP contribution in [-0.2, 0) is 19.5 Å². The topological polar surface area (TPSA) is 49.0 Å². The first kappa shape index (κ1) is 17.5. The highest BCUT2D eigenvalue weighted by atomic mass is 19.1. The zero-order valence-corrected chi connectivity index (χ0v) is 14.9. The van der Waals surface area contributed by atoms with Gasteiger partial charge in [0.1, 0.15) is 17.5 Å². The second-order valence-corrected chi connectivity index (χ2v) is 6.90. The maximum Gasteiger partial charge on any atom is 0.254 e. The molecule has 1 aliphatic rings. The normalized spacial score (nSPS) is 14.2. The Hall–Kier alpha value is -2.86. The van der Waals surface area contributed by atoms with Gasteiger partial charge in [0.15, 0.2) is 0 Å². The van der Waals surface area contributed by atoms with E-state index in [0.717, 1.165) is 17.2 Å². The van der Waals surface area contributed by atoms with Crippen LogP contribution < -0.4 is 5.56 Å². The van der Waals surface area contributed by atoms with Gasteiger partial charge in [0, 0.05) is 42.4 Å². The molecule has 0 unspecified atom stereocenters. The number of benzene rings is 2. The molecule has 1 N–H and O–H groups in total. The molecule has 3 aromatic rings. The number of hydrogen-bond donors (Lipinski definition) is 1. The Morgan fingerprint density at radius 3 is 2.67 bits per heavy atom. The van der Waals surface area contributed by atoms with Crippen LogP contribution in [0.5, 0.6) is 0 Å². The second-order valence-electron chi connectivity index (χ2n) is 6.90. The lowest BCUT2D eigenvalue weighted by molar-refractivity contribution is 0.237. The van der Waals surface area contributed by atoms with Gasteiger partial charge < -0.3 is 4.98 Å². The molecule has 0 aliphatic carbocycles. The fourth-order valence-electron chi connectivity index (χ4n) is 3.37. The van der Waals surface area contributed by atoms with E-state index in [1.165, 1.54) is 12.1 Å². The Kier molecular flexibility index (Phi) is 4.58. The first-order chi connectivity index (χ1) is 13.0. The van der Waals surface area contributed by atoms with Crippen LogP contribution >= 0.6 is 0 Å². The van der Waals surface area contributed by atoms with Crippen LogP contribution in [0.25, 0.3) is 11.4 Å². The highest BCUT2D eigenvalue weighted by molar-refractivity contribution is 5.55. The molecule has 4 nitrogen and oxygen atoms in total. The highest BCUT2D eigenvalue weighted by Crippen LogP contribution is 2.21. The quantitative estimate of drug-likeness (QED) is 0.770. The Labute approximate surface area is 155 Å². The van der Waals surface area contributed by atoms with E-state index in [9.17, 15) is 13.6 Å². The third-order valence-corrected chi connectivity index (χ3v) is 4.89. The van der Waals surface area contributed by atoms with Gasteiger partial charge in [-0.05, 0) is 19.4 Å². The summed E-state index contributed by atoms with van der Waals surface area (Å²) >= 11 is 0. The molecule has 0 fully saturated rings. The maximum atomic E-state index is 13.9. The number of H-pyrrole nitrogens is 1. The third kappa shape index (κ3) is 3.66. The van der Waals surface area contributed by atoms with Gasteiger partial charge in [-0.3, -0.25) is 9.69 Å². The van der Waals surface area contributed by atoms with E-state index in [0.29, 0.717) is 48.7 Å². The summed E-state index contributed by atoms with van der Waals surface area (Å²) in [5.74, 6) is -0.607. The standard InChI is InChI=1S/C21H19F2N3O/c1-13-2-4-14(5-3-13)20-24-19-12-26(9-8-17(19)21(27)25-20)11-15-6-7-16(22)10-18(15)23/h2-7,10H,8-9,11-12H2,1H3,(H,24,25,27). The summed E-state index contributed by atoms with van der Waals surface area (Å²) in [5, 5.41) is 0. The minimum atomic E-state index is -0.587. The predicted octanol–water partition coefficient (Wildman–Crippen LogP) is 3.58. The van der Waals surface area contributed by atoms with Crippen molar-refractivity contribution in [3.8, 4) is 11.4 Å². The molecule has 0 spiro atoms. The van der Waals surface area contributed by atoms with E-state index in [-0.39, 0.29) is 5.56 Å². The molecule has 138 valence electrons. The SMILES string of the molecule is Cc1ccc(-c2nc3c(c(=O)[nH]2)CCN(Cc2ccc(F)cc2F)C3)cc1. The van der Waals surface area contributed by atoms with Crippen LogP contribution in [0.15, 0.2) is 47.3 Å². The van der Waals surface area contributed by atoms with Crippen molar-refractivity contribution in [1.82, 2.24) is 14.9 Å². The molecule has 0 saturated carbocycles. The summed E-state index contributed by atoms with van der Waals surface area (Å²) in [4.78, 5) is 22.0. The van der Waals surface area contributed by atoms with Crippen molar-refractivity contribution in [2.75, 3.05) is 6.54 Å². The number of hydrogen-bond acceptors (Lipinski definition) is 3. The number of rotatable bonds is 3. The molecule has 27 heavy (non-hydrogen) atoms. The molecule has 2 aromatic carbocycles. The van der Waals surface area contributed by atoms with Gasteiger partial charge in [-0.1, -0.05) is 35.9 Å². The number of nitrogens with zero attached hydrogens (tertiary/aromatic N) is 2. The van der Waals surface area contributed by atoms with Crippen LogP contribution in [0.3, 0.4) is 0 Å². The molecule has 1 aromatic heterocycles. The maximum absolute atomic E-state index is 13.9. The Morgan fingerprint density at radius 1 is 1.15 bits per heavy atom. The van der Waals surface area contributed by atoms with E-state index in [1.807, 2.05) is 36.1 Å². The van der Waals surface area contributed by atoms with Crippen LogP contribution in [0.1, 0.15) is 22.4 Å². The van der Waals surface area contributed by atoms with Crippen molar-refractivity contribution in [3.63, 3.8) is 0 Å². The first-order valence-corrected chi connectivity index (χ1v) is 8.85. The van der Waals surface area contributed by atoms with Crippen LogP contribution in [0.2, 0.25) is 0 Å². The number of aromatic nitrogens is 2. The Bertz CT molecular complexity index is 1040. The number of nitrogens with one attached hydrogen (secondary N) is 1. The van der Waals surface area contributed by atoms with Crippen molar-refractivity contribution in [2.24, 2.45) is 0 Å². The summed E-state index contributed by atoms with van der Waals surface area (Å²) in [6.45, 7) is 3.42. The lowest BCUT2D eigenvalue weighted by Gasteiger charge is -2.27.